The van der Waals surface area contributed by atoms with E-state index in [4.69, 9.17) is 11.6 Å². The van der Waals surface area contributed by atoms with Crippen LogP contribution in [0.15, 0.2) is 66.1 Å². The number of aryl methyl sites for hydroxylation is 2. The molecule has 10 heteroatoms. The van der Waals surface area contributed by atoms with Crippen LogP contribution in [-0.2, 0) is 18.4 Å². The van der Waals surface area contributed by atoms with E-state index < -0.39 is 18.4 Å². The molecule has 2 N–H and O–H groups in total. The van der Waals surface area contributed by atoms with E-state index in [0.717, 1.165) is 27.0 Å². The number of fused-ring (bicyclic) bond motifs is 1. The maximum absolute atomic E-state index is 12.1. The molecule has 182 valence electrons. The van der Waals surface area contributed by atoms with Gasteiger partial charge in [0.1, 0.15) is 11.8 Å². The van der Waals surface area contributed by atoms with Crippen LogP contribution in [0.3, 0.4) is 0 Å². The van der Waals surface area contributed by atoms with E-state index in [2.05, 4.69) is 15.6 Å². The van der Waals surface area contributed by atoms with E-state index in [1.54, 1.807) is 30.3 Å². The predicted octanol–water partition coefficient (Wildman–Crippen LogP) is 5.72. The predicted molar refractivity (Wildman–Crippen MR) is 139 cm³/mol. The zero-order chi connectivity index (χ0) is 25.8. The third-order valence-corrected chi connectivity index (χ3v) is 6.24. The van der Waals surface area contributed by atoms with E-state index >= 15 is 0 Å². The monoisotopic (exact) mass is 502 g/mol. The molecule has 4 rings (SSSR count). The van der Waals surface area contributed by atoms with Crippen molar-refractivity contribution in [1.82, 2.24) is 9.55 Å². The minimum atomic E-state index is -1.12. The summed E-state index contributed by atoms with van der Waals surface area (Å²) < 4.78 is 2.04. The first kappa shape index (κ1) is 24.7. The topological polar surface area (TPSA) is 124 Å². The first-order valence-corrected chi connectivity index (χ1v) is 11.5. The number of benzene rings is 2. The van der Waals surface area contributed by atoms with E-state index in [1.807, 2.05) is 49.0 Å². The van der Waals surface area contributed by atoms with Crippen LogP contribution in [0.1, 0.15) is 34.8 Å². The highest BCUT2D eigenvalue weighted by Gasteiger charge is 2.28. The number of halogens is 1. The second-order valence-corrected chi connectivity index (χ2v) is 8.80. The van der Waals surface area contributed by atoms with Gasteiger partial charge in [-0.2, -0.15) is 5.26 Å². The summed E-state index contributed by atoms with van der Waals surface area (Å²) in [7, 11) is 1.97. The van der Waals surface area contributed by atoms with Crippen LogP contribution in [0, 0.1) is 23.2 Å². The molecular weight excluding hydrogens is 480 g/mol. The van der Waals surface area contributed by atoms with Crippen molar-refractivity contribution < 1.29 is 9.90 Å². The number of anilines is 2. The Morgan fingerprint density at radius 3 is 2.67 bits per heavy atom. The summed E-state index contributed by atoms with van der Waals surface area (Å²) in [6.45, 7) is 2.45. The fourth-order valence-corrected chi connectivity index (χ4v) is 4.44. The molecule has 2 heterocycles. The molecule has 0 aliphatic carbocycles. The van der Waals surface area contributed by atoms with Crippen LogP contribution in [0.4, 0.5) is 11.5 Å². The third kappa shape index (κ3) is 4.99. The standard InChI is InChI=1S/C26H23ClN6O3/c1-16-4-3-5-22-25(16)18(15-32(22)2)14-29-21-11-10-20(13-28)30-26(21)33(31-36)23(12-24(34)35)17-6-8-19(27)9-7-17/h3-11,15,23,29H,12,14H2,1-2H3,(H,34,35). The Bertz CT molecular complexity index is 1480. The van der Waals surface area contributed by atoms with Gasteiger partial charge < -0.3 is 15.0 Å². The molecule has 0 aliphatic heterocycles. The Balaban J connectivity index is 1.75. The van der Waals surface area contributed by atoms with Crippen LogP contribution in [0.5, 0.6) is 0 Å². The molecule has 2 aromatic carbocycles. The van der Waals surface area contributed by atoms with Gasteiger partial charge in [0.2, 0.25) is 0 Å². The zero-order valence-electron chi connectivity index (χ0n) is 19.6. The van der Waals surface area contributed by atoms with Gasteiger partial charge in [0, 0.05) is 35.7 Å². The van der Waals surface area contributed by atoms with Gasteiger partial charge in [-0.15, -0.1) is 4.91 Å². The lowest BCUT2D eigenvalue weighted by atomic mass is 10.0. The summed E-state index contributed by atoms with van der Waals surface area (Å²) in [4.78, 5) is 28.1. The molecule has 4 aromatic rings. The Kier molecular flexibility index (Phi) is 7.17. The molecule has 0 saturated carbocycles. The number of aliphatic carboxylic acids is 1. The summed E-state index contributed by atoms with van der Waals surface area (Å²) in [5, 5.41) is 28.0. The number of aromatic nitrogens is 2. The van der Waals surface area contributed by atoms with Gasteiger partial charge in [-0.05, 0) is 53.9 Å². The van der Waals surface area contributed by atoms with E-state index in [0.29, 0.717) is 22.8 Å². The molecular formula is C26H23ClN6O3. The number of hydrogen-bond acceptors (Lipinski definition) is 6. The van der Waals surface area contributed by atoms with E-state index in [-0.39, 0.29) is 11.5 Å². The maximum atomic E-state index is 12.1. The number of nitrogens with one attached hydrogen (secondary N) is 1. The fraction of sp³-hybridized carbons (Fsp3) is 0.192. The van der Waals surface area contributed by atoms with Crippen molar-refractivity contribution in [2.45, 2.75) is 25.9 Å². The second kappa shape index (κ2) is 10.5. The zero-order valence-corrected chi connectivity index (χ0v) is 20.4. The Labute approximate surface area is 212 Å². The summed E-state index contributed by atoms with van der Waals surface area (Å²) in [5.41, 5.74) is 4.26. The van der Waals surface area contributed by atoms with Crippen molar-refractivity contribution in [3.8, 4) is 6.07 Å². The van der Waals surface area contributed by atoms with Gasteiger partial charge in [-0.25, -0.2) is 9.99 Å². The number of pyridine rings is 1. The SMILES string of the molecule is Cc1cccc2c1c(CNc1ccc(C#N)nc1N(N=O)C(CC(=O)O)c1ccc(Cl)cc1)cn2C. The number of nitriles is 1. The van der Waals surface area contributed by atoms with Crippen LogP contribution >= 0.6 is 11.6 Å². The summed E-state index contributed by atoms with van der Waals surface area (Å²) in [5.74, 6) is -1.07. The van der Waals surface area contributed by atoms with Gasteiger partial charge >= 0.3 is 5.97 Å². The number of nitrogens with zero attached hydrogens (tertiary/aromatic N) is 5. The number of rotatable bonds is 9. The molecule has 0 bridgehead atoms. The number of hydrogen-bond donors (Lipinski definition) is 2. The molecule has 0 saturated heterocycles. The molecule has 1 unspecified atom stereocenters. The summed E-state index contributed by atoms with van der Waals surface area (Å²) in [6.07, 6.45) is 1.60. The highest BCUT2D eigenvalue weighted by Crippen LogP contribution is 2.35. The normalized spacial score (nSPS) is 11.6. The first-order valence-electron chi connectivity index (χ1n) is 11.1. The molecule has 0 fully saturated rings. The van der Waals surface area contributed by atoms with Crippen LogP contribution in [0.25, 0.3) is 10.9 Å². The highest BCUT2D eigenvalue weighted by molar-refractivity contribution is 6.30. The number of nitroso groups, excluding NO2 is 1. The number of carbonyl (C=O) groups is 1. The van der Waals surface area contributed by atoms with Gasteiger partial charge in [0.05, 0.1) is 23.4 Å². The molecule has 0 radical (unpaired) electrons. The van der Waals surface area contributed by atoms with Crippen molar-refractivity contribution in [2.24, 2.45) is 12.3 Å². The molecule has 0 aliphatic rings. The lowest BCUT2D eigenvalue weighted by molar-refractivity contribution is -0.137. The van der Waals surface area contributed by atoms with Crippen molar-refractivity contribution in [3.63, 3.8) is 0 Å². The fourth-order valence-electron chi connectivity index (χ4n) is 4.32. The average Bonchev–Trinajstić information content (AvgIpc) is 3.19. The van der Waals surface area contributed by atoms with Gasteiger partial charge in [0.25, 0.3) is 0 Å². The minimum absolute atomic E-state index is 0.0576. The first-order chi connectivity index (χ1) is 17.3. The number of carboxylic acid groups (broad SMARTS) is 1. The molecule has 0 spiro atoms. The minimum Gasteiger partial charge on any atom is -0.481 e. The molecule has 9 nitrogen and oxygen atoms in total. The van der Waals surface area contributed by atoms with Crippen molar-refractivity contribution >= 4 is 40.0 Å². The van der Waals surface area contributed by atoms with Crippen LogP contribution in [0.2, 0.25) is 5.02 Å². The molecule has 36 heavy (non-hydrogen) atoms. The average molecular weight is 503 g/mol. The Morgan fingerprint density at radius 2 is 2.00 bits per heavy atom. The highest BCUT2D eigenvalue weighted by atomic mass is 35.5. The maximum Gasteiger partial charge on any atom is 0.305 e. The quantitative estimate of drug-likeness (QED) is 0.221. The Hall–Kier alpha value is -4.42. The number of carboxylic acids is 1. The Morgan fingerprint density at radius 1 is 1.25 bits per heavy atom. The molecule has 0 amide bonds. The van der Waals surface area contributed by atoms with Gasteiger partial charge in [-0.1, -0.05) is 35.9 Å². The van der Waals surface area contributed by atoms with Gasteiger partial charge in [-0.3, -0.25) is 4.79 Å². The molecule has 2 aromatic heterocycles. The lowest BCUT2D eigenvalue weighted by Gasteiger charge is -2.26. The van der Waals surface area contributed by atoms with Crippen molar-refractivity contribution in [3.05, 3.63) is 93.1 Å². The van der Waals surface area contributed by atoms with Gasteiger partial charge in [0.15, 0.2) is 5.82 Å². The van der Waals surface area contributed by atoms with Crippen molar-refractivity contribution in [1.29, 1.82) is 5.26 Å². The largest absolute Gasteiger partial charge is 0.481 e. The van der Waals surface area contributed by atoms with Crippen LogP contribution in [-0.4, -0.2) is 20.6 Å². The second-order valence-electron chi connectivity index (χ2n) is 8.36. The van der Waals surface area contributed by atoms with E-state index in [9.17, 15) is 20.1 Å². The smallest absolute Gasteiger partial charge is 0.305 e. The van der Waals surface area contributed by atoms with E-state index in [1.165, 1.54) is 6.07 Å². The summed E-state index contributed by atoms with van der Waals surface area (Å²) >= 11 is 6.00. The lowest BCUT2D eigenvalue weighted by Crippen LogP contribution is -2.27. The summed E-state index contributed by atoms with van der Waals surface area (Å²) in [6, 6.07) is 16.7. The third-order valence-electron chi connectivity index (χ3n) is 5.98. The van der Waals surface area contributed by atoms with Crippen LogP contribution < -0.4 is 10.3 Å². The molecule has 1 atom stereocenters. The van der Waals surface area contributed by atoms with Crippen molar-refractivity contribution in [2.75, 3.05) is 10.3 Å².